The maximum absolute atomic E-state index is 5.73. The number of imidazole rings is 1. The van der Waals surface area contributed by atoms with Crippen LogP contribution in [0.1, 0.15) is 50.4 Å². The molecule has 1 aromatic carbocycles. The van der Waals surface area contributed by atoms with E-state index in [1.54, 1.807) is 0 Å². The standard InChI is InChI=1S/C16H23N3/c1-16(2)8-4-5-12(16)15-18-13-7-6-11(10-17)9-14(13)19(15)3/h6-7,9,12H,4-5,8,10,17H2,1-3H3. The Balaban J connectivity index is 2.12. The van der Waals surface area contributed by atoms with Crippen LogP contribution in [-0.2, 0) is 13.6 Å². The second kappa shape index (κ2) is 4.34. The van der Waals surface area contributed by atoms with Crippen molar-refractivity contribution in [2.75, 3.05) is 0 Å². The lowest BCUT2D eigenvalue weighted by Gasteiger charge is -2.26. The molecule has 1 aromatic heterocycles. The molecule has 1 unspecified atom stereocenters. The zero-order valence-corrected chi connectivity index (χ0v) is 12.1. The first-order valence-electron chi connectivity index (χ1n) is 7.18. The highest BCUT2D eigenvalue weighted by molar-refractivity contribution is 5.77. The summed E-state index contributed by atoms with van der Waals surface area (Å²) in [4.78, 5) is 4.89. The molecule has 3 heteroatoms. The fourth-order valence-electron chi connectivity index (χ4n) is 3.50. The van der Waals surface area contributed by atoms with Gasteiger partial charge in [-0.3, -0.25) is 0 Å². The van der Waals surface area contributed by atoms with E-state index in [4.69, 9.17) is 10.7 Å². The van der Waals surface area contributed by atoms with Crippen molar-refractivity contribution in [3.8, 4) is 0 Å². The predicted octanol–water partition coefficient (Wildman–Crippen LogP) is 3.33. The van der Waals surface area contributed by atoms with Crippen molar-refractivity contribution in [3.05, 3.63) is 29.6 Å². The van der Waals surface area contributed by atoms with Crippen molar-refractivity contribution >= 4 is 11.0 Å². The van der Waals surface area contributed by atoms with Crippen LogP contribution >= 0.6 is 0 Å². The van der Waals surface area contributed by atoms with Crippen LogP contribution in [0.15, 0.2) is 18.2 Å². The van der Waals surface area contributed by atoms with Crippen molar-refractivity contribution in [3.63, 3.8) is 0 Å². The summed E-state index contributed by atoms with van der Waals surface area (Å²) in [6.07, 6.45) is 3.87. The molecular weight excluding hydrogens is 234 g/mol. The highest BCUT2D eigenvalue weighted by atomic mass is 15.1. The first-order valence-corrected chi connectivity index (χ1v) is 7.18. The lowest BCUT2D eigenvalue weighted by molar-refractivity contribution is 0.318. The van der Waals surface area contributed by atoms with E-state index in [1.165, 1.54) is 36.2 Å². The molecule has 0 saturated heterocycles. The third-order valence-electron chi connectivity index (χ3n) is 4.78. The fourth-order valence-corrected chi connectivity index (χ4v) is 3.50. The molecule has 0 radical (unpaired) electrons. The van der Waals surface area contributed by atoms with Crippen LogP contribution in [0.4, 0.5) is 0 Å². The summed E-state index contributed by atoms with van der Waals surface area (Å²) >= 11 is 0. The molecule has 1 saturated carbocycles. The van der Waals surface area contributed by atoms with Gasteiger partial charge in [0.05, 0.1) is 11.0 Å². The van der Waals surface area contributed by atoms with Gasteiger partial charge < -0.3 is 10.3 Å². The van der Waals surface area contributed by atoms with Crippen LogP contribution in [0.5, 0.6) is 0 Å². The van der Waals surface area contributed by atoms with E-state index < -0.39 is 0 Å². The summed E-state index contributed by atoms with van der Waals surface area (Å²) in [6.45, 7) is 5.33. The minimum Gasteiger partial charge on any atom is -0.331 e. The van der Waals surface area contributed by atoms with E-state index in [1.807, 2.05) is 0 Å². The van der Waals surface area contributed by atoms with Gasteiger partial charge in [-0.25, -0.2) is 4.98 Å². The Bertz CT molecular complexity index is 610. The molecule has 1 aliphatic carbocycles. The quantitative estimate of drug-likeness (QED) is 0.897. The van der Waals surface area contributed by atoms with Gasteiger partial charge in [-0.2, -0.15) is 0 Å². The number of aryl methyl sites for hydroxylation is 1. The van der Waals surface area contributed by atoms with Crippen molar-refractivity contribution in [2.45, 2.75) is 45.6 Å². The lowest BCUT2D eigenvalue weighted by atomic mass is 9.81. The zero-order chi connectivity index (χ0) is 13.6. The zero-order valence-electron chi connectivity index (χ0n) is 12.1. The van der Waals surface area contributed by atoms with Crippen molar-refractivity contribution in [1.29, 1.82) is 0 Å². The van der Waals surface area contributed by atoms with Crippen LogP contribution in [-0.4, -0.2) is 9.55 Å². The summed E-state index contributed by atoms with van der Waals surface area (Å²) in [5, 5.41) is 0. The van der Waals surface area contributed by atoms with Gasteiger partial charge in [0, 0.05) is 19.5 Å². The van der Waals surface area contributed by atoms with Crippen molar-refractivity contribution in [1.82, 2.24) is 9.55 Å². The van der Waals surface area contributed by atoms with Crippen LogP contribution in [0.25, 0.3) is 11.0 Å². The molecule has 1 aliphatic rings. The number of aromatic nitrogens is 2. The van der Waals surface area contributed by atoms with Gasteiger partial charge in [-0.1, -0.05) is 26.3 Å². The van der Waals surface area contributed by atoms with E-state index in [0.29, 0.717) is 17.9 Å². The molecule has 1 fully saturated rings. The van der Waals surface area contributed by atoms with Crippen LogP contribution < -0.4 is 5.73 Å². The molecule has 2 aromatic rings. The normalized spacial score (nSPS) is 22.2. The summed E-state index contributed by atoms with van der Waals surface area (Å²) < 4.78 is 2.27. The molecule has 19 heavy (non-hydrogen) atoms. The Hall–Kier alpha value is -1.35. The Morgan fingerprint density at radius 2 is 2.21 bits per heavy atom. The topological polar surface area (TPSA) is 43.8 Å². The minimum atomic E-state index is 0.367. The maximum atomic E-state index is 5.73. The van der Waals surface area contributed by atoms with Gasteiger partial charge in [0.2, 0.25) is 0 Å². The average Bonchev–Trinajstić information content (AvgIpc) is 2.89. The Labute approximate surface area is 114 Å². The number of nitrogens with zero attached hydrogens (tertiary/aromatic N) is 2. The number of fused-ring (bicyclic) bond motifs is 1. The molecule has 2 N–H and O–H groups in total. The van der Waals surface area contributed by atoms with Gasteiger partial charge in [-0.05, 0) is 36.0 Å². The Morgan fingerprint density at radius 1 is 1.42 bits per heavy atom. The number of benzene rings is 1. The molecule has 1 atom stereocenters. The Morgan fingerprint density at radius 3 is 2.84 bits per heavy atom. The van der Waals surface area contributed by atoms with Gasteiger partial charge >= 0.3 is 0 Å². The number of rotatable bonds is 2. The average molecular weight is 257 g/mol. The van der Waals surface area contributed by atoms with E-state index in [-0.39, 0.29) is 0 Å². The van der Waals surface area contributed by atoms with Gasteiger partial charge in [0.25, 0.3) is 0 Å². The third kappa shape index (κ3) is 1.96. The van der Waals surface area contributed by atoms with E-state index >= 15 is 0 Å². The summed E-state index contributed by atoms with van der Waals surface area (Å²) in [5.74, 6) is 1.82. The van der Waals surface area contributed by atoms with E-state index in [2.05, 4.69) is 43.7 Å². The Kier molecular flexibility index (Phi) is 2.90. The highest BCUT2D eigenvalue weighted by Gasteiger charge is 2.38. The molecule has 1 heterocycles. The smallest absolute Gasteiger partial charge is 0.113 e. The second-order valence-electron chi connectivity index (χ2n) is 6.49. The van der Waals surface area contributed by atoms with Crippen LogP contribution in [0.3, 0.4) is 0 Å². The first kappa shape index (κ1) is 12.7. The molecule has 0 aliphatic heterocycles. The summed E-state index contributed by atoms with van der Waals surface area (Å²) in [5.41, 5.74) is 9.58. The van der Waals surface area contributed by atoms with Crippen molar-refractivity contribution in [2.24, 2.45) is 18.2 Å². The van der Waals surface area contributed by atoms with Gasteiger partial charge in [0.15, 0.2) is 0 Å². The maximum Gasteiger partial charge on any atom is 0.113 e. The lowest BCUT2D eigenvalue weighted by Crippen LogP contribution is -2.18. The van der Waals surface area contributed by atoms with Crippen LogP contribution in [0, 0.1) is 5.41 Å². The number of hydrogen-bond donors (Lipinski definition) is 1. The van der Waals surface area contributed by atoms with E-state index in [9.17, 15) is 0 Å². The molecule has 102 valence electrons. The van der Waals surface area contributed by atoms with E-state index in [0.717, 1.165) is 5.52 Å². The number of hydrogen-bond acceptors (Lipinski definition) is 2. The van der Waals surface area contributed by atoms with Crippen molar-refractivity contribution < 1.29 is 0 Å². The molecule has 0 spiro atoms. The summed E-state index contributed by atoms with van der Waals surface area (Å²) in [6, 6.07) is 6.36. The SMILES string of the molecule is Cn1c(C2CCCC2(C)C)nc2ccc(CN)cc21. The molecule has 3 rings (SSSR count). The second-order valence-corrected chi connectivity index (χ2v) is 6.49. The molecule has 0 amide bonds. The molecule has 3 nitrogen and oxygen atoms in total. The summed E-state index contributed by atoms with van der Waals surface area (Å²) in [7, 11) is 2.14. The minimum absolute atomic E-state index is 0.367. The highest BCUT2D eigenvalue weighted by Crippen LogP contribution is 2.48. The van der Waals surface area contributed by atoms with Crippen LogP contribution in [0.2, 0.25) is 0 Å². The fraction of sp³-hybridized carbons (Fsp3) is 0.562. The predicted molar refractivity (Wildman–Crippen MR) is 79.0 cm³/mol. The molecule has 0 bridgehead atoms. The first-order chi connectivity index (χ1) is 9.03. The molecular formula is C16H23N3. The number of nitrogens with two attached hydrogens (primary N) is 1. The largest absolute Gasteiger partial charge is 0.331 e. The monoisotopic (exact) mass is 257 g/mol. The third-order valence-corrected chi connectivity index (χ3v) is 4.78. The van der Waals surface area contributed by atoms with Gasteiger partial charge in [0.1, 0.15) is 5.82 Å². The van der Waals surface area contributed by atoms with Gasteiger partial charge in [-0.15, -0.1) is 0 Å².